The zero-order chi connectivity index (χ0) is 20.9. The molecule has 1 aliphatic carbocycles. The quantitative estimate of drug-likeness (QED) is 0.573. The van der Waals surface area contributed by atoms with E-state index in [9.17, 15) is 13.2 Å². The van der Waals surface area contributed by atoms with Crippen LogP contribution < -0.4 is 10.6 Å². The number of carbonyl (C=O) groups excluding carboxylic acids is 1. The Morgan fingerprint density at radius 2 is 1.70 bits per heavy atom. The van der Waals surface area contributed by atoms with Crippen molar-refractivity contribution in [2.24, 2.45) is 0 Å². The maximum absolute atomic E-state index is 12.6. The second kappa shape index (κ2) is 11.1. The largest absolute Gasteiger partial charge is 0.348 e. The van der Waals surface area contributed by atoms with Crippen molar-refractivity contribution in [2.75, 3.05) is 13.7 Å². The molecule has 0 heterocycles. The Labute approximate surface area is 188 Å². The Morgan fingerprint density at radius 1 is 1.07 bits per heavy atom. The lowest BCUT2D eigenvalue weighted by Crippen LogP contribution is -2.47. The number of hydrogen-bond acceptors (Lipinski definition) is 5. The van der Waals surface area contributed by atoms with Crippen molar-refractivity contribution in [1.82, 2.24) is 10.6 Å². The van der Waals surface area contributed by atoms with Gasteiger partial charge in [0.25, 0.3) is 16.0 Å². The number of benzene rings is 2. The van der Waals surface area contributed by atoms with Crippen molar-refractivity contribution in [3.63, 3.8) is 0 Å². The first-order valence-electron chi connectivity index (χ1n) is 9.58. The molecule has 3 rings (SSSR count). The highest BCUT2D eigenvalue weighted by atomic mass is 35.5. The molecule has 0 saturated heterocycles. The summed E-state index contributed by atoms with van der Waals surface area (Å²) in [7, 11) is -2.65. The van der Waals surface area contributed by atoms with Crippen LogP contribution >= 0.6 is 24.0 Å². The summed E-state index contributed by atoms with van der Waals surface area (Å²) in [6.07, 6.45) is 3.87. The van der Waals surface area contributed by atoms with E-state index in [2.05, 4.69) is 14.8 Å². The van der Waals surface area contributed by atoms with Gasteiger partial charge in [-0.15, -0.1) is 12.4 Å². The second-order valence-electron chi connectivity index (χ2n) is 7.09. The first kappa shape index (κ1) is 24.6. The van der Waals surface area contributed by atoms with Crippen molar-refractivity contribution in [1.29, 1.82) is 0 Å². The standard InChI is InChI=1S/C21H25ClN2O4S.ClH/c1-28-29(26,27)18-11-7-16(8-12-18)21(25)24-20-4-2-3-19(20)23-14-13-15-5-9-17(22)10-6-15;/h5-12,19-20,23H,2-4,13-14H2,1H3,(H,24,25);1H/t19-,20-;/m1./s1. The highest BCUT2D eigenvalue weighted by molar-refractivity contribution is 7.86. The highest BCUT2D eigenvalue weighted by Gasteiger charge is 2.28. The summed E-state index contributed by atoms with van der Waals surface area (Å²) < 4.78 is 27.8. The van der Waals surface area contributed by atoms with E-state index in [0.717, 1.165) is 44.4 Å². The summed E-state index contributed by atoms with van der Waals surface area (Å²) >= 11 is 5.91. The molecule has 9 heteroatoms. The topological polar surface area (TPSA) is 84.5 Å². The summed E-state index contributed by atoms with van der Waals surface area (Å²) in [5.41, 5.74) is 1.64. The zero-order valence-corrected chi connectivity index (χ0v) is 19.0. The van der Waals surface area contributed by atoms with E-state index in [1.54, 1.807) is 0 Å². The van der Waals surface area contributed by atoms with Gasteiger partial charge in [0.1, 0.15) is 0 Å². The Kier molecular flexibility index (Phi) is 9.12. The normalized spacial score (nSPS) is 18.6. The molecule has 6 nitrogen and oxygen atoms in total. The first-order valence-corrected chi connectivity index (χ1v) is 11.4. The Bertz CT molecular complexity index is 934. The minimum atomic E-state index is -3.76. The molecule has 0 aliphatic heterocycles. The lowest BCUT2D eigenvalue weighted by Gasteiger charge is -2.22. The predicted molar refractivity (Wildman–Crippen MR) is 120 cm³/mol. The van der Waals surface area contributed by atoms with Gasteiger partial charge in [0.15, 0.2) is 0 Å². The van der Waals surface area contributed by atoms with Gasteiger partial charge in [-0.05, 0) is 74.2 Å². The van der Waals surface area contributed by atoms with Gasteiger partial charge in [0.2, 0.25) is 0 Å². The molecule has 1 aliphatic rings. The molecule has 2 aromatic carbocycles. The number of amides is 1. The summed E-state index contributed by atoms with van der Waals surface area (Å²) in [5.74, 6) is -0.206. The third-order valence-corrected chi connectivity index (χ3v) is 6.73. The van der Waals surface area contributed by atoms with Crippen molar-refractivity contribution >= 4 is 40.0 Å². The molecular weight excluding hydrogens is 447 g/mol. The molecule has 1 saturated carbocycles. The van der Waals surface area contributed by atoms with Gasteiger partial charge < -0.3 is 10.6 Å². The number of rotatable bonds is 8. The molecule has 164 valence electrons. The summed E-state index contributed by atoms with van der Waals surface area (Å²) in [4.78, 5) is 12.6. The SMILES string of the molecule is COS(=O)(=O)c1ccc(C(=O)N[C@@H]2CCC[C@H]2NCCc2ccc(Cl)cc2)cc1.Cl. The van der Waals surface area contributed by atoms with E-state index < -0.39 is 10.1 Å². The van der Waals surface area contributed by atoms with E-state index in [4.69, 9.17) is 11.6 Å². The lowest BCUT2D eigenvalue weighted by atomic mass is 10.1. The van der Waals surface area contributed by atoms with E-state index in [0.29, 0.717) is 5.56 Å². The van der Waals surface area contributed by atoms with Gasteiger partial charge in [-0.2, -0.15) is 8.42 Å². The van der Waals surface area contributed by atoms with Gasteiger partial charge in [-0.25, -0.2) is 0 Å². The second-order valence-corrected chi connectivity index (χ2v) is 9.24. The lowest BCUT2D eigenvalue weighted by molar-refractivity contribution is 0.0931. The molecule has 0 aromatic heterocycles. The van der Waals surface area contributed by atoms with Gasteiger partial charge >= 0.3 is 0 Å². The molecule has 1 fully saturated rings. The van der Waals surface area contributed by atoms with E-state index in [1.807, 2.05) is 24.3 Å². The van der Waals surface area contributed by atoms with Crippen molar-refractivity contribution in [3.05, 3.63) is 64.7 Å². The van der Waals surface area contributed by atoms with Crippen LogP contribution in [0.2, 0.25) is 5.02 Å². The average molecular weight is 473 g/mol. The molecule has 0 radical (unpaired) electrons. The molecular formula is C21H26Cl2N2O4S. The number of carbonyl (C=O) groups is 1. The van der Waals surface area contributed by atoms with Crippen LogP contribution in [0.1, 0.15) is 35.2 Å². The van der Waals surface area contributed by atoms with Crippen LogP contribution in [0.15, 0.2) is 53.4 Å². The Morgan fingerprint density at radius 3 is 2.33 bits per heavy atom. The molecule has 0 spiro atoms. The molecule has 30 heavy (non-hydrogen) atoms. The highest BCUT2D eigenvalue weighted by Crippen LogP contribution is 2.20. The van der Waals surface area contributed by atoms with Gasteiger partial charge in [-0.3, -0.25) is 8.98 Å². The van der Waals surface area contributed by atoms with Gasteiger partial charge in [-0.1, -0.05) is 23.7 Å². The van der Waals surface area contributed by atoms with E-state index in [-0.39, 0.29) is 35.3 Å². The first-order chi connectivity index (χ1) is 13.9. The molecule has 0 unspecified atom stereocenters. The van der Waals surface area contributed by atoms with Crippen LogP contribution in [0.4, 0.5) is 0 Å². The molecule has 2 atom stereocenters. The van der Waals surface area contributed by atoms with Crippen LogP contribution in [0.3, 0.4) is 0 Å². The minimum absolute atomic E-state index is 0. The van der Waals surface area contributed by atoms with Crippen LogP contribution in [0, 0.1) is 0 Å². The van der Waals surface area contributed by atoms with Crippen LogP contribution in [0.5, 0.6) is 0 Å². The number of halogens is 2. The Balaban J connectivity index is 0.00000320. The molecule has 0 bridgehead atoms. The summed E-state index contributed by atoms with van der Waals surface area (Å²) in [6, 6.07) is 13.8. The maximum atomic E-state index is 12.6. The number of hydrogen-bond donors (Lipinski definition) is 2. The fourth-order valence-electron chi connectivity index (χ4n) is 3.55. The Hall–Kier alpha value is -1.64. The molecule has 1 amide bonds. The van der Waals surface area contributed by atoms with Gasteiger partial charge in [0.05, 0.1) is 12.0 Å². The van der Waals surface area contributed by atoms with Crippen molar-refractivity contribution < 1.29 is 17.4 Å². The molecule has 2 aromatic rings. The third-order valence-electron chi connectivity index (χ3n) is 5.19. The smallest absolute Gasteiger partial charge is 0.296 e. The third kappa shape index (κ3) is 6.43. The van der Waals surface area contributed by atoms with Crippen LogP contribution in [0.25, 0.3) is 0 Å². The predicted octanol–water partition coefficient (Wildman–Crippen LogP) is 3.58. The van der Waals surface area contributed by atoms with Crippen LogP contribution in [-0.4, -0.2) is 40.1 Å². The van der Waals surface area contributed by atoms with E-state index in [1.165, 1.54) is 29.8 Å². The summed E-state index contributed by atoms with van der Waals surface area (Å²) in [6.45, 7) is 0.822. The summed E-state index contributed by atoms with van der Waals surface area (Å²) in [5, 5.41) is 7.35. The van der Waals surface area contributed by atoms with Crippen LogP contribution in [-0.2, 0) is 20.7 Å². The van der Waals surface area contributed by atoms with Crippen molar-refractivity contribution in [2.45, 2.75) is 42.7 Å². The fraction of sp³-hybridized carbons (Fsp3) is 0.381. The monoisotopic (exact) mass is 472 g/mol. The van der Waals surface area contributed by atoms with Gasteiger partial charge in [0, 0.05) is 22.7 Å². The minimum Gasteiger partial charge on any atom is -0.348 e. The van der Waals surface area contributed by atoms with Crippen molar-refractivity contribution in [3.8, 4) is 0 Å². The molecule has 2 N–H and O–H groups in total. The fourth-order valence-corrected chi connectivity index (χ4v) is 4.34. The van der Waals surface area contributed by atoms with E-state index >= 15 is 0 Å². The zero-order valence-electron chi connectivity index (χ0n) is 16.6. The maximum Gasteiger partial charge on any atom is 0.296 e. The number of nitrogens with one attached hydrogen (secondary N) is 2. The average Bonchev–Trinajstić information content (AvgIpc) is 3.16.